The number of hydrogen-bond donors (Lipinski definition) is 1. The first kappa shape index (κ1) is 18.0. The van der Waals surface area contributed by atoms with Crippen molar-refractivity contribution in [1.82, 2.24) is 15.1 Å². The Bertz CT molecular complexity index is 674. The maximum Gasteiger partial charge on any atom is 0.269 e. The number of methoxy groups -OCH3 is 1. The molecule has 2 rings (SSSR count). The third kappa shape index (κ3) is 4.60. The van der Waals surface area contributed by atoms with E-state index < -0.39 is 0 Å². The average Bonchev–Trinajstić information content (AvgIpc) is 2.95. The summed E-state index contributed by atoms with van der Waals surface area (Å²) in [5.41, 5.74) is 2.78. The smallest absolute Gasteiger partial charge is 0.269 e. The van der Waals surface area contributed by atoms with Crippen LogP contribution >= 0.6 is 0 Å². The number of amides is 1. The van der Waals surface area contributed by atoms with Crippen molar-refractivity contribution in [3.05, 3.63) is 47.3 Å². The Kier molecular flexibility index (Phi) is 6.01. The zero-order valence-electron chi connectivity index (χ0n) is 15.2. The lowest BCUT2D eigenvalue weighted by atomic mass is 10.1. The summed E-state index contributed by atoms with van der Waals surface area (Å²) in [5, 5.41) is 7.45. The minimum atomic E-state index is -0.0702. The van der Waals surface area contributed by atoms with Crippen molar-refractivity contribution >= 4 is 5.91 Å². The third-order valence-corrected chi connectivity index (χ3v) is 4.13. The number of carbonyl (C=O) groups excluding carboxylic acids is 1. The molecule has 130 valence electrons. The van der Waals surface area contributed by atoms with Gasteiger partial charge >= 0.3 is 0 Å². The molecule has 0 unspecified atom stereocenters. The number of aromatic nitrogens is 2. The molecule has 2 aromatic rings. The zero-order chi connectivity index (χ0) is 17.7. The quantitative estimate of drug-likeness (QED) is 0.848. The number of aryl methyl sites for hydroxylation is 2. The first-order valence-electron chi connectivity index (χ1n) is 8.38. The Morgan fingerprint density at radius 1 is 1.25 bits per heavy atom. The van der Waals surface area contributed by atoms with E-state index in [-0.39, 0.29) is 11.9 Å². The molecule has 0 aliphatic carbocycles. The number of carbonyl (C=O) groups is 1. The molecule has 0 spiro atoms. The van der Waals surface area contributed by atoms with Gasteiger partial charge in [0.2, 0.25) is 0 Å². The highest BCUT2D eigenvalue weighted by atomic mass is 16.5. The summed E-state index contributed by atoms with van der Waals surface area (Å²) in [6.45, 7) is 6.17. The second-order valence-corrected chi connectivity index (χ2v) is 6.49. The highest BCUT2D eigenvalue weighted by Gasteiger charge is 2.16. The van der Waals surface area contributed by atoms with Gasteiger partial charge in [-0.2, -0.15) is 5.10 Å². The second kappa shape index (κ2) is 7.99. The minimum Gasteiger partial charge on any atom is -0.497 e. The van der Waals surface area contributed by atoms with E-state index in [1.54, 1.807) is 11.8 Å². The number of nitrogens with zero attached hydrogens (tertiary/aromatic N) is 2. The van der Waals surface area contributed by atoms with Gasteiger partial charge in [-0.25, -0.2) is 0 Å². The van der Waals surface area contributed by atoms with Crippen LogP contribution in [0.4, 0.5) is 0 Å². The molecule has 0 aliphatic rings. The van der Waals surface area contributed by atoms with Gasteiger partial charge in [-0.1, -0.05) is 26.0 Å². The van der Waals surface area contributed by atoms with Crippen LogP contribution < -0.4 is 10.1 Å². The molecule has 1 aromatic heterocycles. The Labute approximate surface area is 144 Å². The van der Waals surface area contributed by atoms with Crippen molar-refractivity contribution in [2.24, 2.45) is 7.05 Å². The van der Waals surface area contributed by atoms with Crippen molar-refractivity contribution in [3.63, 3.8) is 0 Å². The van der Waals surface area contributed by atoms with Gasteiger partial charge in [0.25, 0.3) is 5.91 Å². The van der Waals surface area contributed by atoms with Gasteiger partial charge in [-0.15, -0.1) is 0 Å². The van der Waals surface area contributed by atoms with Crippen molar-refractivity contribution in [3.8, 4) is 5.75 Å². The van der Waals surface area contributed by atoms with Gasteiger partial charge in [-0.3, -0.25) is 9.48 Å². The van der Waals surface area contributed by atoms with Gasteiger partial charge in [-0.05, 0) is 49.4 Å². The molecule has 1 amide bonds. The van der Waals surface area contributed by atoms with Gasteiger partial charge < -0.3 is 10.1 Å². The van der Waals surface area contributed by atoms with E-state index in [9.17, 15) is 4.79 Å². The van der Waals surface area contributed by atoms with Crippen LogP contribution in [0.25, 0.3) is 0 Å². The number of ether oxygens (including phenoxy) is 1. The Hall–Kier alpha value is -2.30. The van der Waals surface area contributed by atoms with Crippen molar-refractivity contribution in [1.29, 1.82) is 0 Å². The van der Waals surface area contributed by atoms with E-state index in [1.807, 2.05) is 32.2 Å². The lowest BCUT2D eigenvalue weighted by Crippen LogP contribution is -2.34. The predicted molar refractivity (Wildman–Crippen MR) is 95.5 cm³/mol. The molecule has 5 nitrogen and oxygen atoms in total. The van der Waals surface area contributed by atoms with Crippen LogP contribution in [0.3, 0.4) is 0 Å². The lowest BCUT2D eigenvalue weighted by molar-refractivity contribution is 0.0929. The lowest BCUT2D eigenvalue weighted by Gasteiger charge is -2.14. The summed E-state index contributed by atoms with van der Waals surface area (Å²) in [6.07, 6.45) is 1.79. The van der Waals surface area contributed by atoms with E-state index in [0.29, 0.717) is 11.6 Å². The fourth-order valence-electron chi connectivity index (χ4n) is 2.53. The molecule has 0 aliphatic heterocycles. The molecular weight excluding hydrogens is 302 g/mol. The van der Waals surface area contributed by atoms with Crippen LogP contribution in [-0.4, -0.2) is 28.8 Å². The summed E-state index contributed by atoms with van der Waals surface area (Å²) in [6, 6.07) is 10.0. The molecule has 0 saturated heterocycles. The molecule has 0 fully saturated rings. The van der Waals surface area contributed by atoms with Crippen molar-refractivity contribution in [2.75, 3.05) is 7.11 Å². The molecule has 0 saturated carbocycles. The van der Waals surface area contributed by atoms with Crippen molar-refractivity contribution in [2.45, 2.75) is 45.6 Å². The van der Waals surface area contributed by atoms with E-state index in [0.717, 1.165) is 24.3 Å². The molecule has 1 N–H and O–H groups in total. The second-order valence-electron chi connectivity index (χ2n) is 6.49. The first-order valence-corrected chi connectivity index (χ1v) is 8.38. The van der Waals surface area contributed by atoms with Gasteiger partial charge in [0.05, 0.1) is 12.8 Å². The van der Waals surface area contributed by atoms with Crippen LogP contribution in [0.1, 0.15) is 54.9 Å². The van der Waals surface area contributed by atoms with E-state index in [4.69, 9.17) is 4.74 Å². The number of hydrogen-bond acceptors (Lipinski definition) is 3. The van der Waals surface area contributed by atoms with Gasteiger partial charge in [0.15, 0.2) is 0 Å². The normalized spacial score (nSPS) is 12.2. The standard InChI is InChI=1S/C19H27N3O2/c1-13(2)17-12-18(22(4)21-17)19(23)20-14(3)6-7-15-8-10-16(24-5)11-9-15/h8-14H,6-7H2,1-5H3,(H,20,23)/t14-/m1/s1. The summed E-state index contributed by atoms with van der Waals surface area (Å²) in [4.78, 5) is 12.4. The molecule has 0 bridgehead atoms. The van der Waals surface area contributed by atoms with Crippen LogP contribution in [0.2, 0.25) is 0 Å². The summed E-state index contributed by atoms with van der Waals surface area (Å²) in [5.74, 6) is 1.10. The fourth-order valence-corrected chi connectivity index (χ4v) is 2.53. The SMILES string of the molecule is COc1ccc(CC[C@@H](C)NC(=O)c2cc(C(C)C)nn2C)cc1. The summed E-state index contributed by atoms with van der Waals surface area (Å²) in [7, 11) is 3.47. The molecule has 0 radical (unpaired) electrons. The summed E-state index contributed by atoms with van der Waals surface area (Å²) >= 11 is 0. The Morgan fingerprint density at radius 3 is 2.46 bits per heavy atom. The molecule has 1 atom stereocenters. The highest BCUT2D eigenvalue weighted by molar-refractivity contribution is 5.92. The average molecular weight is 329 g/mol. The highest BCUT2D eigenvalue weighted by Crippen LogP contribution is 2.15. The predicted octanol–water partition coefficient (Wildman–Crippen LogP) is 3.30. The molecule has 24 heavy (non-hydrogen) atoms. The van der Waals surface area contributed by atoms with Crippen LogP contribution in [0.15, 0.2) is 30.3 Å². The largest absolute Gasteiger partial charge is 0.497 e. The summed E-state index contributed by atoms with van der Waals surface area (Å²) < 4.78 is 6.81. The molecular formula is C19H27N3O2. The molecule has 1 heterocycles. The molecule has 1 aromatic carbocycles. The number of nitrogens with one attached hydrogen (secondary N) is 1. The maximum atomic E-state index is 12.4. The maximum absolute atomic E-state index is 12.4. The number of benzene rings is 1. The van der Waals surface area contributed by atoms with E-state index in [2.05, 4.69) is 36.4 Å². The van der Waals surface area contributed by atoms with Gasteiger partial charge in [0, 0.05) is 13.1 Å². The third-order valence-electron chi connectivity index (χ3n) is 4.13. The fraction of sp³-hybridized carbons (Fsp3) is 0.474. The van der Waals surface area contributed by atoms with Crippen molar-refractivity contribution < 1.29 is 9.53 Å². The van der Waals surface area contributed by atoms with E-state index in [1.165, 1.54) is 5.56 Å². The number of rotatable bonds is 7. The van der Waals surface area contributed by atoms with Crippen LogP contribution in [-0.2, 0) is 13.5 Å². The first-order chi connectivity index (χ1) is 11.4. The Morgan fingerprint density at radius 2 is 1.92 bits per heavy atom. The van der Waals surface area contributed by atoms with Crippen LogP contribution in [0, 0.1) is 0 Å². The Balaban J connectivity index is 1.89. The van der Waals surface area contributed by atoms with Gasteiger partial charge in [0.1, 0.15) is 11.4 Å². The van der Waals surface area contributed by atoms with Crippen LogP contribution in [0.5, 0.6) is 5.75 Å². The molecule has 5 heteroatoms. The monoisotopic (exact) mass is 329 g/mol. The van der Waals surface area contributed by atoms with E-state index >= 15 is 0 Å². The minimum absolute atomic E-state index is 0.0702. The topological polar surface area (TPSA) is 56.1 Å². The zero-order valence-corrected chi connectivity index (χ0v) is 15.2.